The van der Waals surface area contributed by atoms with Crippen molar-refractivity contribution in [1.29, 1.82) is 0 Å². The third-order valence-electron chi connectivity index (χ3n) is 5.43. The zero-order valence-corrected chi connectivity index (χ0v) is 20.4. The van der Waals surface area contributed by atoms with Crippen molar-refractivity contribution in [2.45, 2.75) is 26.3 Å². The highest BCUT2D eigenvalue weighted by Crippen LogP contribution is 2.30. The lowest BCUT2D eigenvalue weighted by Crippen LogP contribution is -2.32. The number of amides is 1. The first kappa shape index (κ1) is 25.0. The first-order valence-electron chi connectivity index (χ1n) is 10.8. The number of aromatic carboxylic acids is 1. The van der Waals surface area contributed by atoms with E-state index in [1.165, 1.54) is 23.0 Å². The third-order valence-corrected chi connectivity index (χ3v) is 6.47. The Balaban J connectivity index is 1.90. The largest absolute Gasteiger partial charge is 0.496 e. The number of aryl methyl sites for hydroxylation is 1. The zero-order chi connectivity index (χ0) is 24.7. The normalized spacial score (nSPS) is 10.6. The van der Waals surface area contributed by atoms with Gasteiger partial charge in [-0.3, -0.25) is 4.79 Å². The lowest BCUT2D eigenvalue weighted by atomic mass is 10.1. The minimum Gasteiger partial charge on any atom is -0.496 e. The van der Waals surface area contributed by atoms with Gasteiger partial charge in [-0.05, 0) is 43.5 Å². The van der Waals surface area contributed by atoms with Gasteiger partial charge in [-0.25, -0.2) is 9.78 Å². The molecule has 0 saturated heterocycles. The number of hydrogen-bond acceptors (Lipinski definition) is 6. The molecule has 0 atom stereocenters. The van der Waals surface area contributed by atoms with Gasteiger partial charge in [-0.2, -0.15) is 0 Å². The fourth-order valence-corrected chi connectivity index (χ4v) is 4.59. The molecule has 1 amide bonds. The molecule has 8 heteroatoms. The van der Waals surface area contributed by atoms with E-state index >= 15 is 0 Å². The van der Waals surface area contributed by atoms with Crippen LogP contribution in [0.25, 0.3) is 6.08 Å². The summed E-state index contributed by atoms with van der Waals surface area (Å²) >= 11 is 1.22. The molecule has 0 unspecified atom stereocenters. The van der Waals surface area contributed by atoms with Crippen LogP contribution in [0.1, 0.15) is 48.3 Å². The molecular formula is C26H28N2O5S. The van der Waals surface area contributed by atoms with Gasteiger partial charge in [0.15, 0.2) is 5.69 Å². The first-order valence-corrected chi connectivity index (χ1v) is 11.6. The van der Waals surface area contributed by atoms with Crippen molar-refractivity contribution >= 4 is 29.3 Å². The summed E-state index contributed by atoms with van der Waals surface area (Å²) in [6.45, 7) is 6.20. The van der Waals surface area contributed by atoms with Crippen molar-refractivity contribution < 1.29 is 24.2 Å². The van der Waals surface area contributed by atoms with Crippen LogP contribution < -0.4 is 9.47 Å². The minimum absolute atomic E-state index is 0.0506. The highest BCUT2D eigenvalue weighted by atomic mass is 32.1. The Hall–Kier alpha value is -3.65. The van der Waals surface area contributed by atoms with E-state index in [0.717, 1.165) is 18.4 Å². The number of thiazole rings is 1. The average molecular weight is 481 g/mol. The number of carbonyl (C=O) groups excluding carboxylic acids is 1. The molecule has 178 valence electrons. The van der Waals surface area contributed by atoms with E-state index in [-0.39, 0.29) is 18.1 Å². The van der Waals surface area contributed by atoms with Crippen LogP contribution in [0.15, 0.2) is 49.0 Å². The van der Waals surface area contributed by atoms with Crippen LogP contribution in [-0.2, 0) is 13.0 Å². The molecule has 3 rings (SSSR count). The Bertz CT molecular complexity index is 1150. The molecule has 0 fully saturated rings. The highest BCUT2D eigenvalue weighted by molar-refractivity contribution is 7.12. The number of carboxylic acid groups (broad SMARTS) is 1. The van der Waals surface area contributed by atoms with Crippen molar-refractivity contribution in [3.05, 3.63) is 81.3 Å². The summed E-state index contributed by atoms with van der Waals surface area (Å²) in [7, 11) is 3.10. The number of methoxy groups -OCH3 is 2. The molecule has 0 aliphatic rings. The topological polar surface area (TPSA) is 89.0 Å². The van der Waals surface area contributed by atoms with Gasteiger partial charge in [-0.15, -0.1) is 11.3 Å². The molecule has 34 heavy (non-hydrogen) atoms. The van der Waals surface area contributed by atoms with Gasteiger partial charge in [0.05, 0.1) is 25.6 Å². The summed E-state index contributed by atoms with van der Waals surface area (Å²) < 4.78 is 10.9. The molecule has 0 spiro atoms. The predicted molar refractivity (Wildman–Crippen MR) is 133 cm³/mol. The molecule has 0 radical (unpaired) electrons. The fourth-order valence-electron chi connectivity index (χ4n) is 3.66. The van der Waals surface area contributed by atoms with Crippen molar-refractivity contribution in [3.63, 3.8) is 0 Å². The van der Waals surface area contributed by atoms with Crippen molar-refractivity contribution in [1.82, 2.24) is 9.88 Å². The molecule has 3 aromatic rings. The van der Waals surface area contributed by atoms with E-state index < -0.39 is 5.97 Å². The SMILES string of the molecule is C=Cc1sc(CN(CCCc2ccccc2)C(=O)c2cc(OC)c(C)c(OC)c2)nc1C(=O)O. The quantitative estimate of drug-likeness (QED) is 0.411. The van der Waals surface area contributed by atoms with Gasteiger partial charge in [-0.1, -0.05) is 36.9 Å². The number of carbonyl (C=O) groups is 2. The molecule has 1 N–H and O–H groups in total. The molecule has 2 aromatic carbocycles. The molecule has 1 heterocycles. The van der Waals surface area contributed by atoms with E-state index in [1.54, 1.807) is 31.3 Å². The second-order valence-electron chi connectivity index (χ2n) is 7.65. The van der Waals surface area contributed by atoms with Crippen LogP contribution >= 0.6 is 11.3 Å². The van der Waals surface area contributed by atoms with Crippen LogP contribution in [0, 0.1) is 6.92 Å². The summed E-state index contributed by atoms with van der Waals surface area (Å²) in [5.74, 6) is -0.212. The first-order chi connectivity index (χ1) is 16.4. The number of hydrogen-bond donors (Lipinski definition) is 1. The average Bonchev–Trinajstić information content (AvgIpc) is 3.27. The second-order valence-corrected chi connectivity index (χ2v) is 8.77. The minimum atomic E-state index is -1.12. The Kier molecular flexibility index (Phi) is 8.43. The third kappa shape index (κ3) is 5.82. The summed E-state index contributed by atoms with van der Waals surface area (Å²) in [5.41, 5.74) is 2.37. The smallest absolute Gasteiger partial charge is 0.356 e. The van der Waals surface area contributed by atoms with E-state index in [9.17, 15) is 14.7 Å². The van der Waals surface area contributed by atoms with E-state index in [2.05, 4.69) is 23.7 Å². The summed E-state index contributed by atoms with van der Waals surface area (Å²) in [4.78, 5) is 31.5. The van der Waals surface area contributed by atoms with Crippen LogP contribution in [0.5, 0.6) is 11.5 Å². The fraction of sp³-hybridized carbons (Fsp3) is 0.269. The number of ether oxygens (including phenoxy) is 2. The Morgan fingerprint density at radius 3 is 2.32 bits per heavy atom. The highest BCUT2D eigenvalue weighted by Gasteiger charge is 2.23. The molecule has 0 saturated carbocycles. The lowest BCUT2D eigenvalue weighted by Gasteiger charge is -2.23. The van der Waals surface area contributed by atoms with Crippen LogP contribution in [0.3, 0.4) is 0 Å². The van der Waals surface area contributed by atoms with Gasteiger partial charge in [0.1, 0.15) is 16.5 Å². The number of nitrogens with zero attached hydrogens (tertiary/aromatic N) is 2. The maximum absolute atomic E-state index is 13.6. The standard InChI is InChI=1S/C26H28N2O5S/c1-5-22-24(26(30)31)27-23(34-22)16-28(13-9-12-18-10-7-6-8-11-18)25(29)19-14-20(32-3)17(2)21(15-19)33-4/h5-8,10-11,14-15H,1,9,12-13,16H2,2-4H3,(H,30,31). The van der Waals surface area contributed by atoms with Gasteiger partial charge in [0.2, 0.25) is 0 Å². The van der Waals surface area contributed by atoms with Crippen LogP contribution in [0.4, 0.5) is 0 Å². The number of carboxylic acids is 1. The van der Waals surface area contributed by atoms with E-state index in [1.807, 2.05) is 25.1 Å². The van der Waals surface area contributed by atoms with Crippen molar-refractivity contribution in [2.75, 3.05) is 20.8 Å². The maximum Gasteiger partial charge on any atom is 0.356 e. The maximum atomic E-state index is 13.6. The predicted octanol–water partition coefficient (Wildman–Crippen LogP) is 5.09. The van der Waals surface area contributed by atoms with Gasteiger partial charge < -0.3 is 19.5 Å². The van der Waals surface area contributed by atoms with Gasteiger partial charge in [0, 0.05) is 17.7 Å². The zero-order valence-electron chi connectivity index (χ0n) is 19.5. The van der Waals surface area contributed by atoms with Gasteiger partial charge in [0.25, 0.3) is 5.91 Å². The monoisotopic (exact) mass is 480 g/mol. The number of aromatic nitrogens is 1. The Morgan fingerprint density at radius 2 is 1.79 bits per heavy atom. The molecule has 1 aromatic heterocycles. The summed E-state index contributed by atoms with van der Waals surface area (Å²) in [5, 5.41) is 9.96. The van der Waals surface area contributed by atoms with E-state index in [4.69, 9.17) is 9.47 Å². The Morgan fingerprint density at radius 1 is 1.15 bits per heavy atom. The molecular weight excluding hydrogens is 452 g/mol. The molecule has 0 aliphatic carbocycles. The Labute approximate surface area is 203 Å². The van der Waals surface area contributed by atoms with Crippen molar-refractivity contribution in [2.24, 2.45) is 0 Å². The summed E-state index contributed by atoms with van der Waals surface area (Å²) in [6.07, 6.45) is 3.02. The molecule has 0 bridgehead atoms. The lowest BCUT2D eigenvalue weighted by molar-refractivity contribution is 0.0691. The van der Waals surface area contributed by atoms with Crippen molar-refractivity contribution in [3.8, 4) is 11.5 Å². The molecule has 7 nitrogen and oxygen atoms in total. The van der Waals surface area contributed by atoms with Crippen LogP contribution in [0.2, 0.25) is 0 Å². The van der Waals surface area contributed by atoms with Crippen LogP contribution in [-0.4, -0.2) is 47.6 Å². The number of rotatable bonds is 11. The molecule has 0 aliphatic heterocycles. The number of benzene rings is 2. The second kappa shape index (κ2) is 11.5. The van der Waals surface area contributed by atoms with Gasteiger partial charge >= 0.3 is 5.97 Å². The summed E-state index contributed by atoms with van der Waals surface area (Å²) in [6, 6.07) is 13.5. The van der Waals surface area contributed by atoms with E-state index in [0.29, 0.717) is 33.5 Å².